The molecule has 2 atom stereocenters. The van der Waals surface area contributed by atoms with Crippen LogP contribution >= 0.6 is 0 Å². The number of ether oxygens (including phenoxy) is 1. The van der Waals surface area contributed by atoms with Crippen molar-refractivity contribution in [2.24, 2.45) is 0 Å². The van der Waals surface area contributed by atoms with Gasteiger partial charge in [-0.2, -0.15) is 13.2 Å². The van der Waals surface area contributed by atoms with E-state index in [0.29, 0.717) is 6.54 Å². The highest BCUT2D eigenvalue weighted by molar-refractivity contribution is 5.49. The summed E-state index contributed by atoms with van der Waals surface area (Å²) < 4.78 is 58.6. The number of anilines is 1. The van der Waals surface area contributed by atoms with Crippen LogP contribution in [0.25, 0.3) is 0 Å². The van der Waals surface area contributed by atoms with Crippen LogP contribution in [0.3, 0.4) is 0 Å². The van der Waals surface area contributed by atoms with Crippen LogP contribution in [0.2, 0.25) is 0 Å². The summed E-state index contributed by atoms with van der Waals surface area (Å²) in [5, 5.41) is 0. The van der Waals surface area contributed by atoms with Gasteiger partial charge in [0.25, 0.3) is 0 Å². The Labute approximate surface area is 136 Å². The molecule has 1 aromatic heterocycles. The fourth-order valence-corrected chi connectivity index (χ4v) is 2.86. The van der Waals surface area contributed by atoms with Crippen molar-refractivity contribution in [1.82, 2.24) is 4.98 Å². The van der Waals surface area contributed by atoms with Crippen molar-refractivity contribution < 1.29 is 22.3 Å². The van der Waals surface area contributed by atoms with E-state index < -0.39 is 17.8 Å². The molecule has 2 aromatic rings. The molecule has 1 aliphatic rings. The van der Waals surface area contributed by atoms with Gasteiger partial charge in [-0.25, -0.2) is 9.37 Å². The number of nitrogens with zero attached hydrogens (tertiary/aromatic N) is 2. The van der Waals surface area contributed by atoms with Crippen LogP contribution in [-0.2, 0) is 10.9 Å². The minimum atomic E-state index is -4.48. The smallest absolute Gasteiger partial charge is 0.367 e. The molecule has 1 saturated heterocycles. The Bertz CT molecular complexity index is 702. The van der Waals surface area contributed by atoms with E-state index in [0.717, 1.165) is 11.6 Å². The second-order valence-corrected chi connectivity index (χ2v) is 5.76. The molecule has 2 heterocycles. The first-order valence-corrected chi connectivity index (χ1v) is 7.52. The first kappa shape index (κ1) is 16.7. The third-order valence-corrected chi connectivity index (χ3v) is 3.89. The largest absolute Gasteiger partial charge is 0.419 e. The molecule has 3 nitrogen and oxygen atoms in total. The number of hydrogen-bond donors (Lipinski definition) is 0. The van der Waals surface area contributed by atoms with Crippen LogP contribution in [0.1, 0.15) is 24.2 Å². The summed E-state index contributed by atoms with van der Waals surface area (Å²) in [5.41, 5.74) is -0.0469. The number of benzene rings is 1. The first-order valence-electron chi connectivity index (χ1n) is 7.52. The van der Waals surface area contributed by atoms with Gasteiger partial charge in [-0.3, -0.25) is 0 Å². The zero-order valence-electron chi connectivity index (χ0n) is 12.9. The lowest BCUT2D eigenvalue weighted by Gasteiger charge is -2.38. The van der Waals surface area contributed by atoms with Crippen LogP contribution < -0.4 is 4.90 Å². The monoisotopic (exact) mass is 340 g/mol. The molecule has 0 amide bonds. The quantitative estimate of drug-likeness (QED) is 0.766. The van der Waals surface area contributed by atoms with Gasteiger partial charge in [0, 0.05) is 19.3 Å². The number of morpholine rings is 1. The van der Waals surface area contributed by atoms with Crippen molar-refractivity contribution >= 4 is 5.82 Å². The SMILES string of the molecule is CC1CN(c2ncccc2C(F)(F)F)CC(c2ccc(F)cc2)O1. The average molecular weight is 340 g/mol. The maximum atomic E-state index is 13.2. The fourth-order valence-electron chi connectivity index (χ4n) is 2.86. The maximum absolute atomic E-state index is 13.2. The van der Waals surface area contributed by atoms with Crippen molar-refractivity contribution in [1.29, 1.82) is 0 Å². The van der Waals surface area contributed by atoms with Gasteiger partial charge in [0.2, 0.25) is 0 Å². The van der Waals surface area contributed by atoms with E-state index in [2.05, 4.69) is 4.98 Å². The Morgan fingerprint density at radius 2 is 1.83 bits per heavy atom. The molecular weight excluding hydrogens is 324 g/mol. The maximum Gasteiger partial charge on any atom is 0.419 e. The van der Waals surface area contributed by atoms with E-state index in [1.54, 1.807) is 24.0 Å². The number of rotatable bonds is 2. The predicted octanol–water partition coefficient (Wildman–Crippen LogP) is 4.21. The molecule has 128 valence electrons. The van der Waals surface area contributed by atoms with Gasteiger partial charge < -0.3 is 9.64 Å². The van der Waals surface area contributed by atoms with Crippen LogP contribution in [0.15, 0.2) is 42.6 Å². The van der Waals surface area contributed by atoms with Crippen molar-refractivity contribution in [2.75, 3.05) is 18.0 Å². The summed E-state index contributed by atoms with van der Waals surface area (Å²) >= 11 is 0. The molecule has 0 saturated carbocycles. The Hall–Kier alpha value is -2.15. The molecule has 0 radical (unpaired) electrons. The normalized spacial score (nSPS) is 21.8. The second-order valence-electron chi connectivity index (χ2n) is 5.76. The highest BCUT2D eigenvalue weighted by Crippen LogP contribution is 2.37. The summed E-state index contributed by atoms with van der Waals surface area (Å²) in [6.07, 6.45) is -3.86. The zero-order chi connectivity index (χ0) is 17.3. The highest BCUT2D eigenvalue weighted by atomic mass is 19.4. The molecule has 7 heteroatoms. The molecule has 0 aliphatic carbocycles. The molecule has 0 bridgehead atoms. The van der Waals surface area contributed by atoms with Crippen molar-refractivity contribution in [3.63, 3.8) is 0 Å². The number of aromatic nitrogens is 1. The molecule has 24 heavy (non-hydrogen) atoms. The Balaban J connectivity index is 1.91. The van der Waals surface area contributed by atoms with Crippen molar-refractivity contribution in [3.8, 4) is 0 Å². The Morgan fingerprint density at radius 3 is 2.50 bits per heavy atom. The van der Waals surface area contributed by atoms with E-state index in [4.69, 9.17) is 4.74 Å². The molecule has 1 aromatic carbocycles. The minimum Gasteiger partial charge on any atom is -0.367 e. The zero-order valence-corrected chi connectivity index (χ0v) is 12.9. The summed E-state index contributed by atoms with van der Waals surface area (Å²) in [4.78, 5) is 5.51. The van der Waals surface area contributed by atoms with E-state index in [-0.39, 0.29) is 24.3 Å². The third-order valence-electron chi connectivity index (χ3n) is 3.89. The average Bonchev–Trinajstić information content (AvgIpc) is 2.54. The lowest BCUT2D eigenvalue weighted by molar-refractivity contribution is -0.137. The topological polar surface area (TPSA) is 25.4 Å². The lowest BCUT2D eigenvalue weighted by atomic mass is 10.1. The van der Waals surface area contributed by atoms with E-state index >= 15 is 0 Å². The number of halogens is 4. The molecule has 0 N–H and O–H groups in total. The van der Waals surface area contributed by atoms with Gasteiger partial charge in [0.1, 0.15) is 17.7 Å². The second kappa shape index (κ2) is 6.39. The van der Waals surface area contributed by atoms with Crippen LogP contribution in [0, 0.1) is 5.82 Å². The molecule has 0 spiro atoms. The fraction of sp³-hybridized carbons (Fsp3) is 0.353. The van der Waals surface area contributed by atoms with Crippen LogP contribution in [0.5, 0.6) is 0 Å². The lowest BCUT2D eigenvalue weighted by Crippen LogP contribution is -2.44. The van der Waals surface area contributed by atoms with E-state index in [1.807, 2.05) is 0 Å². The highest BCUT2D eigenvalue weighted by Gasteiger charge is 2.37. The summed E-state index contributed by atoms with van der Waals surface area (Å²) in [6, 6.07) is 8.08. The van der Waals surface area contributed by atoms with Gasteiger partial charge in [0.15, 0.2) is 0 Å². The van der Waals surface area contributed by atoms with Crippen LogP contribution in [0.4, 0.5) is 23.4 Å². The molecule has 2 unspecified atom stereocenters. The number of hydrogen-bond acceptors (Lipinski definition) is 3. The van der Waals surface area contributed by atoms with E-state index in [1.165, 1.54) is 24.4 Å². The van der Waals surface area contributed by atoms with Gasteiger partial charge in [-0.1, -0.05) is 12.1 Å². The van der Waals surface area contributed by atoms with Crippen molar-refractivity contribution in [3.05, 3.63) is 59.5 Å². The standard InChI is InChI=1S/C17H16F4N2O/c1-11-9-23(16-14(17(19,20)21)3-2-8-22-16)10-15(24-11)12-4-6-13(18)7-5-12/h2-8,11,15H,9-10H2,1H3. The summed E-state index contributed by atoms with van der Waals surface area (Å²) in [6.45, 7) is 2.31. The third kappa shape index (κ3) is 3.51. The van der Waals surface area contributed by atoms with Gasteiger partial charge in [-0.05, 0) is 36.8 Å². The van der Waals surface area contributed by atoms with Crippen molar-refractivity contribution in [2.45, 2.75) is 25.3 Å². The van der Waals surface area contributed by atoms with Gasteiger partial charge >= 0.3 is 6.18 Å². The molecule has 3 rings (SSSR count). The molecular formula is C17H16F4N2O. The molecule has 1 aliphatic heterocycles. The minimum absolute atomic E-state index is 0.104. The number of alkyl halides is 3. The predicted molar refractivity (Wildman–Crippen MR) is 81.1 cm³/mol. The van der Waals surface area contributed by atoms with Crippen LogP contribution in [-0.4, -0.2) is 24.2 Å². The summed E-state index contributed by atoms with van der Waals surface area (Å²) in [7, 11) is 0. The van der Waals surface area contributed by atoms with E-state index in [9.17, 15) is 17.6 Å². The Kier molecular flexibility index (Phi) is 4.45. The Morgan fingerprint density at radius 1 is 1.12 bits per heavy atom. The number of pyridine rings is 1. The summed E-state index contributed by atoms with van der Waals surface area (Å²) in [5.74, 6) is -0.476. The van der Waals surface area contributed by atoms with Gasteiger partial charge in [-0.15, -0.1) is 0 Å². The molecule has 1 fully saturated rings. The first-order chi connectivity index (χ1) is 11.3. The van der Waals surface area contributed by atoms with Gasteiger partial charge in [0.05, 0.1) is 11.7 Å².